The maximum Gasteiger partial charge on any atom is 0.0784 e. The molecule has 0 bridgehead atoms. The average Bonchev–Trinajstić information content (AvgIpc) is 2.30. The van der Waals surface area contributed by atoms with Crippen molar-refractivity contribution in [1.29, 1.82) is 0 Å². The Morgan fingerprint density at radius 3 is 2.18 bits per heavy atom. The molecular formula is C13H8Cl4. The van der Waals surface area contributed by atoms with Crippen molar-refractivity contribution in [3.05, 3.63) is 56.0 Å². The van der Waals surface area contributed by atoms with E-state index in [0.717, 1.165) is 16.7 Å². The van der Waals surface area contributed by atoms with Crippen molar-refractivity contribution in [2.24, 2.45) is 0 Å². The van der Waals surface area contributed by atoms with Crippen LogP contribution in [0.4, 0.5) is 0 Å². The monoisotopic (exact) mass is 304 g/mol. The maximum absolute atomic E-state index is 6.20. The van der Waals surface area contributed by atoms with Crippen LogP contribution in [-0.2, 0) is 0 Å². The Kier molecular flexibility index (Phi) is 3.89. The molecule has 0 N–H and O–H groups in total. The van der Waals surface area contributed by atoms with Gasteiger partial charge in [-0.3, -0.25) is 0 Å². The fraction of sp³-hybridized carbons (Fsp3) is 0.0769. The van der Waals surface area contributed by atoms with Gasteiger partial charge in [-0.15, -0.1) is 0 Å². The molecule has 0 heterocycles. The Hall–Kier alpha value is -0.400. The molecular weight excluding hydrogens is 298 g/mol. The van der Waals surface area contributed by atoms with Crippen molar-refractivity contribution < 1.29 is 0 Å². The van der Waals surface area contributed by atoms with Crippen molar-refractivity contribution in [2.45, 2.75) is 6.92 Å². The number of rotatable bonds is 1. The predicted molar refractivity (Wildman–Crippen MR) is 76.7 cm³/mol. The number of aryl methyl sites for hydroxylation is 1. The van der Waals surface area contributed by atoms with Gasteiger partial charge < -0.3 is 0 Å². The number of hydrogen-bond acceptors (Lipinski definition) is 0. The molecule has 0 aliphatic rings. The molecule has 88 valence electrons. The summed E-state index contributed by atoms with van der Waals surface area (Å²) in [5, 5.41) is 1.92. The average molecular weight is 306 g/mol. The van der Waals surface area contributed by atoms with E-state index in [-0.39, 0.29) is 0 Å². The quantitative estimate of drug-likeness (QED) is 0.544. The molecule has 0 nitrogen and oxygen atoms in total. The molecule has 0 spiro atoms. The van der Waals surface area contributed by atoms with Crippen LogP contribution >= 0.6 is 46.4 Å². The van der Waals surface area contributed by atoms with E-state index in [0.29, 0.717) is 20.1 Å². The zero-order chi connectivity index (χ0) is 12.6. The summed E-state index contributed by atoms with van der Waals surface area (Å²) in [5.74, 6) is 0. The van der Waals surface area contributed by atoms with Crippen LogP contribution in [-0.4, -0.2) is 0 Å². The molecule has 0 aromatic heterocycles. The van der Waals surface area contributed by atoms with Crippen LogP contribution in [0.15, 0.2) is 30.3 Å². The van der Waals surface area contributed by atoms with E-state index in [1.165, 1.54) is 0 Å². The maximum atomic E-state index is 6.20. The van der Waals surface area contributed by atoms with Crippen molar-refractivity contribution in [3.8, 4) is 11.1 Å². The molecule has 2 aromatic rings. The van der Waals surface area contributed by atoms with E-state index in [1.807, 2.05) is 31.2 Å². The molecule has 2 rings (SSSR count). The van der Waals surface area contributed by atoms with Gasteiger partial charge in [-0.25, -0.2) is 0 Å². The Balaban J connectivity index is 2.69. The first-order valence-corrected chi connectivity index (χ1v) is 6.42. The lowest BCUT2D eigenvalue weighted by atomic mass is 10.0. The van der Waals surface area contributed by atoms with Gasteiger partial charge in [0.2, 0.25) is 0 Å². The van der Waals surface area contributed by atoms with E-state index < -0.39 is 0 Å². The minimum absolute atomic E-state index is 0.366. The van der Waals surface area contributed by atoms with Gasteiger partial charge in [-0.05, 0) is 36.2 Å². The van der Waals surface area contributed by atoms with Crippen LogP contribution in [0.3, 0.4) is 0 Å². The molecule has 4 heteroatoms. The van der Waals surface area contributed by atoms with Crippen LogP contribution in [0.2, 0.25) is 20.1 Å². The molecule has 0 saturated carbocycles. The highest BCUT2D eigenvalue weighted by Gasteiger charge is 2.12. The van der Waals surface area contributed by atoms with Gasteiger partial charge in [0, 0.05) is 10.6 Å². The Bertz CT molecular complexity index is 576. The van der Waals surface area contributed by atoms with Gasteiger partial charge in [-0.1, -0.05) is 58.5 Å². The minimum Gasteiger partial charge on any atom is -0.0843 e. The van der Waals surface area contributed by atoms with Gasteiger partial charge in [0.05, 0.1) is 15.1 Å². The molecule has 0 atom stereocenters. The first-order chi connectivity index (χ1) is 8.00. The largest absolute Gasteiger partial charge is 0.0843 e. The van der Waals surface area contributed by atoms with E-state index in [2.05, 4.69) is 0 Å². The molecule has 0 unspecified atom stereocenters. The third-order valence-corrected chi connectivity index (χ3v) is 4.05. The SMILES string of the molecule is Cc1ccc(Cl)cc1-c1ccc(Cl)c(Cl)c1Cl. The number of benzene rings is 2. The summed E-state index contributed by atoms with van der Waals surface area (Å²) in [6.07, 6.45) is 0. The zero-order valence-corrected chi connectivity index (χ0v) is 11.9. The Labute approximate surface area is 120 Å². The van der Waals surface area contributed by atoms with E-state index >= 15 is 0 Å². The summed E-state index contributed by atoms with van der Waals surface area (Å²) in [4.78, 5) is 0. The first kappa shape index (κ1) is 13.0. The van der Waals surface area contributed by atoms with Crippen LogP contribution in [0.1, 0.15) is 5.56 Å². The molecule has 0 aliphatic carbocycles. The summed E-state index contributed by atoms with van der Waals surface area (Å²) in [6.45, 7) is 1.99. The molecule has 0 saturated heterocycles. The summed E-state index contributed by atoms with van der Waals surface area (Å²) >= 11 is 24.1. The summed E-state index contributed by atoms with van der Waals surface area (Å²) in [5.41, 5.74) is 2.87. The molecule has 0 fully saturated rings. The van der Waals surface area contributed by atoms with E-state index in [1.54, 1.807) is 6.07 Å². The topological polar surface area (TPSA) is 0 Å². The highest BCUT2D eigenvalue weighted by molar-refractivity contribution is 6.49. The molecule has 0 aliphatic heterocycles. The van der Waals surface area contributed by atoms with Gasteiger partial charge in [0.1, 0.15) is 0 Å². The third-order valence-electron chi connectivity index (χ3n) is 2.52. The Morgan fingerprint density at radius 2 is 1.47 bits per heavy atom. The van der Waals surface area contributed by atoms with Gasteiger partial charge in [-0.2, -0.15) is 0 Å². The lowest BCUT2D eigenvalue weighted by molar-refractivity contribution is 1.46. The zero-order valence-electron chi connectivity index (χ0n) is 8.90. The van der Waals surface area contributed by atoms with Crippen molar-refractivity contribution in [1.82, 2.24) is 0 Å². The molecule has 17 heavy (non-hydrogen) atoms. The third kappa shape index (κ3) is 2.56. The van der Waals surface area contributed by atoms with Crippen molar-refractivity contribution >= 4 is 46.4 Å². The smallest absolute Gasteiger partial charge is 0.0784 e. The second-order valence-corrected chi connectivity index (χ2v) is 5.28. The normalized spacial score (nSPS) is 10.6. The summed E-state index contributed by atoms with van der Waals surface area (Å²) in [6, 6.07) is 9.21. The van der Waals surface area contributed by atoms with E-state index in [9.17, 15) is 0 Å². The van der Waals surface area contributed by atoms with Crippen molar-refractivity contribution in [2.75, 3.05) is 0 Å². The lowest BCUT2D eigenvalue weighted by Crippen LogP contribution is -1.86. The fourth-order valence-corrected chi connectivity index (χ4v) is 2.43. The van der Waals surface area contributed by atoms with E-state index in [4.69, 9.17) is 46.4 Å². The van der Waals surface area contributed by atoms with Crippen LogP contribution in [0.25, 0.3) is 11.1 Å². The van der Waals surface area contributed by atoms with Gasteiger partial charge >= 0.3 is 0 Å². The van der Waals surface area contributed by atoms with Crippen molar-refractivity contribution in [3.63, 3.8) is 0 Å². The number of hydrogen-bond donors (Lipinski definition) is 0. The highest BCUT2D eigenvalue weighted by Crippen LogP contribution is 2.39. The summed E-state index contributed by atoms with van der Waals surface area (Å²) < 4.78 is 0. The molecule has 0 radical (unpaired) electrons. The van der Waals surface area contributed by atoms with Gasteiger partial charge in [0.15, 0.2) is 0 Å². The minimum atomic E-state index is 0.366. The number of halogens is 4. The van der Waals surface area contributed by atoms with Crippen LogP contribution in [0, 0.1) is 6.92 Å². The fourth-order valence-electron chi connectivity index (χ4n) is 1.62. The second-order valence-electron chi connectivity index (χ2n) is 3.68. The first-order valence-electron chi connectivity index (χ1n) is 4.90. The summed E-state index contributed by atoms with van der Waals surface area (Å²) in [7, 11) is 0. The Morgan fingerprint density at radius 1 is 0.765 bits per heavy atom. The van der Waals surface area contributed by atoms with Crippen LogP contribution < -0.4 is 0 Å². The highest BCUT2D eigenvalue weighted by atomic mass is 35.5. The van der Waals surface area contributed by atoms with Crippen LogP contribution in [0.5, 0.6) is 0 Å². The molecule has 2 aromatic carbocycles. The van der Waals surface area contributed by atoms with Gasteiger partial charge in [0.25, 0.3) is 0 Å². The lowest BCUT2D eigenvalue weighted by Gasteiger charge is -2.10. The standard InChI is InChI=1S/C13H8Cl4/c1-7-2-3-8(14)6-10(7)9-4-5-11(15)13(17)12(9)16/h2-6H,1H3. The predicted octanol–water partition coefficient (Wildman–Crippen LogP) is 6.28. The second kappa shape index (κ2) is 5.07. The molecule has 0 amide bonds.